The number of carbonyl (C=O) groups excluding carboxylic acids is 2. The quantitative estimate of drug-likeness (QED) is 0.462. The molecule has 150 valence electrons. The fraction of sp³-hybridized carbons (Fsp3) is 0.0833. The third-order valence-corrected chi connectivity index (χ3v) is 4.48. The minimum Gasteiger partial charge on any atom is -0.454 e. The van der Waals surface area contributed by atoms with Crippen molar-refractivity contribution >= 4 is 23.6 Å². The van der Waals surface area contributed by atoms with E-state index in [1.807, 2.05) is 36.4 Å². The summed E-state index contributed by atoms with van der Waals surface area (Å²) in [5.74, 6) is 0.992. The lowest BCUT2D eigenvalue weighted by Crippen LogP contribution is -2.14. The van der Waals surface area contributed by atoms with Gasteiger partial charge in [-0.1, -0.05) is 48.5 Å². The minimum absolute atomic E-state index is 0.155. The summed E-state index contributed by atoms with van der Waals surface area (Å²) in [4.78, 5) is 24.7. The van der Waals surface area contributed by atoms with Crippen molar-refractivity contribution in [2.75, 3.05) is 12.1 Å². The number of hydrogen-bond donors (Lipinski definition) is 1. The van der Waals surface area contributed by atoms with Crippen LogP contribution >= 0.6 is 0 Å². The van der Waals surface area contributed by atoms with Gasteiger partial charge in [0.25, 0.3) is 0 Å². The van der Waals surface area contributed by atoms with Crippen molar-refractivity contribution in [3.63, 3.8) is 0 Å². The molecule has 0 fully saturated rings. The highest BCUT2D eigenvalue weighted by Crippen LogP contribution is 2.32. The average Bonchev–Trinajstić information content (AvgIpc) is 3.25. The van der Waals surface area contributed by atoms with Gasteiger partial charge in [0.05, 0.1) is 5.69 Å². The summed E-state index contributed by atoms with van der Waals surface area (Å²) in [6.45, 7) is 0.329. The number of anilines is 1. The van der Waals surface area contributed by atoms with Crippen molar-refractivity contribution in [1.82, 2.24) is 0 Å². The summed E-state index contributed by atoms with van der Waals surface area (Å²) in [5, 5.41) is 2.72. The number of rotatable bonds is 6. The molecule has 0 radical (unpaired) electrons. The van der Waals surface area contributed by atoms with Gasteiger partial charge in [-0.25, -0.2) is 4.79 Å². The summed E-state index contributed by atoms with van der Waals surface area (Å²) in [6.07, 6.45) is 2.54. The van der Waals surface area contributed by atoms with E-state index in [1.165, 1.54) is 6.08 Å². The number of ether oxygens (including phenoxy) is 3. The van der Waals surface area contributed by atoms with Crippen LogP contribution in [0, 0.1) is 0 Å². The molecule has 1 heterocycles. The minimum atomic E-state index is -0.568. The van der Waals surface area contributed by atoms with E-state index in [4.69, 9.17) is 14.2 Å². The van der Waals surface area contributed by atoms with Gasteiger partial charge in [0.1, 0.15) is 6.61 Å². The Labute approximate surface area is 173 Å². The van der Waals surface area contributed by atoms with Crippen LogP contribution in [0.15, 0.2) is 78.9 Å². The highest BCUT2D eigenvalue weighted by Gasteiger charge is 2.15. The molecule has 1 aliphatic heterocycles. The molecule has 1 amide bonds. The number of nitrogens with one attached hydrogen (secondary N) is 1. The number of hydrogen-bond acceptors (Lipinski definition) is 5. The Kier molecular flexibility index (Phi) is 5.75. The Bertz CT molecular complexity index is 1090. The van der Waals surface area contributed by atoms with Crippen LogP contribution in [0.3, 0.4) is 0 Å². The number of benzene rings is 3. The summed E-state index contributed by atoms with van der Waals surface area (Å²) >= 11 is 0. The first kappa shape index (κ1) is 19.3. The van der Waals surface area contributed by atoms with Crippen LogP contribution in [0.1, 0.15) is 21.5 Å². The molecule has 0 spiro atoms. The molecule has 0 saturated heterocycles. The summed E-state index contributed by atoms with van der Waals surface area (Å²) in [5.41, 5.74) is 2.62. The Morgan fingerprint density at radius 3 is 2.57 bits per heavy atom. The molecular weight excluding hydrogens is 382 g/mol. The lowest BCUT2D eigenvalue weighted by Gasteiger charge is -2.09. The second-order valence-electron chi connectivity index (χ2n) is 6.54. The summed E-state index contributed by atoms with van der Waals surface area (Å²) in [7, 11) is 0. The first-order valence-corrected chi connectivity index (χ1v) is 9.38. The zero-order chi connectivity index (χ0) is 20.8. The molecule has 0 unspecified atom stereocenters. The fourth-order valence-electron chi connectivity index (χ4n) is 2.94. The van der Waals surface area contributed by atoms with Crippen LogP contribution in [0.4, 0.5) is 10.5 Å². The molecule has 1 aliphatic rings. The van der Waals surface area contributed by atoms with Crippen molar-refractivity contribution in [2.24, 2.45) is 0 Å². The molecule has 0 aliphatic carbocycles. The number of amides is 1. The fourth-order valence-corrected chi connectivity index (χ4v) is 2.94. The van der Waals surface area contributed by atoms with E-state index in [0.717, 1.165) is 5.56 Å². The van der Waals surface area contributed by atoms with Gasteiger partial charge in [-0.05, 0) is 47.5 Å². The predicted octanol–water partition coefficient (Wildman–Crippen LogP) is 5.06. The monoisotopic (exact) mass is 401 g/mol. The maximum absolute atomic E-state index is 12.5. The van der Waals surface area contributed by atoms with Crippen LogP contribution in [0.2, 0.25) is 0 Å². The smallest absolute Gasteiger partial charge is 0.411 e. The van der Waals surface area contributed by atoms with Crippen molar-refractivity contribution < 1.29 is 23.8 Å². The molecule has 0 saturated carbocycles. The Hall–Kier alpha value is -4.06. The second kappa shape index (κ2) is 8.96. The largest absolute Gasteiger partial charge is 0.454 e. The lowest BCUT2D eigenvalue weighted by molar-refractivity contribution is 0.104. The topological polar surface area (TPSA) is 73.9 Å². The standard InChI is InChI=1S/C24H19NO5/c26-21(19-11-13-22-23(14-19)30-16-29-22)12-10-18-8-4-5-9-20(18)25-24(27)28-15-17-6-2-1-3-7-17/h1-14H,15-16H2,(H,25,27)/b12-10+. The van der Waals surface area contributed by atoms with Crippen LogP contribution in [-0.2, 0) is 11.3 Å². The van der Waals surface area contributed by atoms with Gasteiger partial charge in [-0.2, -0.15) is 0 Å². The van der Waals surface area contributed by atoms with E-state index in [-0.39, 0.29) is 19.2 Å². The number of ketones is 1. The van der Waals surface area contributed by atoms with Gasteiger partial charge >= 0.3 is 6.09 Å². The van der Waals surface area contributed by atoms with E-state index in [0.29, 0.717) is 28.3 Å². The van der Waals surface area contributed by atoms with E-state index in [2.05, 4.69) is 5.32 Å². The van der Waals surface area contributed by atoms with Gasteiger partial charge in [-0.15, -0.1) is 0 Å². The number of carbonyl (C=O) groups is 2. The molecule has 4 rings (SSSR count). The maximum Gasteiger partial charge on any atom is 0.411 e. The highest BCUT2D eigenvalue weighted by atomic mass is 16.7. The first-order valence-electron chi connectivity index (χ1n) is 9.38. The second-order valence-corrected chi connectivity index (χ2v) is 6.54. The van der Waals surface area contributed by atoms with Gasteiger partial charge < -0.3 is 14.2 Å². The molecule has 6 heteroatoms. The molecule has 3 aromatic carbocycles. The average molecular weight is 401 g/mol. The van der Waals surface area contributed by atoms with Gasteiger partial charge in [0, 0.05) is 5.56 Å². The Morgan fingerprint density at radius 1 is 0.933 bits per heavy atom. The van der Waals surface area contributed by atoms with Crippen molar-refractivity contribution in [2.45, 2.75) is 6.61 Å². The Balaban J connectivity index is 1.41. The molecule has 3 aromatic rings. The third-order valence-electron chi connectivity index (χ3n) is 4.48. The SMILES string of the molecule is O=C(Nc1ccccc1/C=C/C(=O)c1ccc2c(c1)OCO2)OCc1ccccc1. The third kappa shape index (κ3) is 4.67. The maximum atomic E-state index is 12.5. The number of para-hydroxylation sites is 1. The van der Waals surface area contributed by atoms with E-state index < -0.39 is 6.09 Å². The highest BCUT2D eigenvalue weighted by molar-refractivity contribution is 6.07. The number of fused-ring (bicyclic) bond motifs is 1. The van der Waals surface area contributed by atoms with Crippen molar-refractivity contribution in [1.29, 1.82) is 0 Å². The van der Waals surface area contributed by atoms with E-state index in [1.54, 1.807) is 42.5 Å². The Morgan fingerprint density at radius 2 is 1.70 bits per heavy atom. The zero-order valence-corrected chi connectivity index (χ0v) is 16.0. The van der Waals surface area contributed by atoms with Gasteiger partial charge in [0.15, 0.2) is 17.3 Å². The van der Waals surface area contributed by atoms with Gasteiger partial charge in [0.2, 0.25) is 6.79 Å². The van der Waals surface area contributed by atoms with E-state index in [9.17, 15) is 9.59 Å². The predicted molar refractivity (Wildman–Crippen MR) is 113 cm³/mol. The molecule has 0 aromatic heterocycles. The summed E-state index contributed by atoms with van der Waals surface area (Å²) < 4.78 is 15.8. The molecule has 6 nitrogen and oxygen atoms in total. The summed E-state index contributed by atoms with van der Waals surface area (Å²) in [6, 6.07) is 21.6. The zero-order valence-electron chi connectivity index (χ0n) is 16.0. The van der Waals surface area contributed by atoms with E-state index >= 15 is 0 Å². The van der Waals surface area contributed by atoms with Crippen LogP contribution < -0.4 is 14.8 Å². The van der Waals surface area contributed by atoms with Crippen molar-refractivity contribution in [3.8, 4) is 11.5 Å². The number of allylic oxidation sites excluding steroid dienone is 1. The molecule has 0 bridgehead atoms. The first-order chi connectivity index (χ1) is 14.7. The molecular formula is C24H19NO5. The van der Waals surface area contributed by atoms with Crippen LogP contribution in [-0.4, -0.2) is 18.7 Å². The normalized spacial score (nSPS) is 12.0. The van der Waals surface area contributed by atoms with Gasteiger partial charge in [-0.3, -0.25) is 10.1 Å². The van der Waals surface area contributed by atoms with Crippen LogP contribution in [0.5, 0.6) is 11.5 Å². The molecule has 0 atom stereocenters. The van der Waals surface area contributed by atoms with Crippen molar-refractivity contribution in [3.05, 3.63) is 95.6 Å². The molecule has 1 N–H and O–H groups in total. The van der Waals surface area contributed by atoms with Crippen LogP contribution in [0.25, 0.3) is 6.08 Å². The molecule has 30 heavy (non-hydrogen) atoms. The lowest BCUT2D eigenvalue weighted by atomic mass is 10.1.